The third kappa shape index (κ3) is 6.03. The van der Waals surface area contributed by atoms with Crippen LogP contribution in [0.15, 0.2) is 30.3 Å². The predicted octanol–water partition coefficient (Wildman–Crippen LogP) is 2.37. The molecule has 1 aromatic rings. The van der Waals surface area contributed by atoms with Crippen molar-refractivity contribution in [1.82, 2.24) is 4.90 Å². The molecule has 0 radical (unpaired) electrons. The Kier molecular flexibility index (Phi) is 6.16. The molecule has 2 N–H and O–H groups in total. The van der Waals surface area contributed by atoms with Gasteiger partial charge in [0.25, 0.3) is 0 Å². The summed E-state index contributed by atoms with van der Waals surface area (Å²) in [4.78, 5) is 2.32. The number of hydrogen-bond acceptors (Lipinski definition) is 3. The highest BCUT2D eigenvalue weighted by atomic mass is 16.5. The summed E-state index contributed by atoms with van der Waals surface area (Å²) in [7, 11) is 2.14. The summed E-state index contributed by atoms with van der Waals surface area (Å²) < 4.78 is 5.66. The first-order valence-electron chi connectivity index (χ1n) is 6.60. The van der Waals surface area contributed by atoms with Gasteiger partial charge in [-0.05, 0) is 37.6 Å². The van der Waals surface area contributed by atoms with E-state index in [1.54, 1.807) is 0 Å². The van der Waals surface area contributed by atoms with E-state index in [9.17, 15) is 0 Å². The molecule has 0 aliphatic carbocycles. The molecular formula is C15H26N2O. The molecule has 0 saturated carbocycles. The zero-order valence-corrected chi connectivity index (χ0v) is 11.9. The first-order valence-corrected chi connectivity index (χ1v) is 6.60. The van der Waals surface area contributed by atoms with Gasteiger partial charge in [-0.2, -0.15) is 0 Å². The minimum atomic E-state index is 0.190. The van der Waals surface area contributed by atoms with E-state index in [4.69, 9.17) is 10.5 Å². The molecule has 0 heterocycles. The first-order chi connectivity index (χ1) is 8.53. The largest absolute Gasteiger partial charge is 0.494 e. The Bertz CT molecular complexity index is 325. The average Bonchev–Trinajstić information content (AvgIpc) is 2.35. The molecule has 0 amide bonds. The predicted molar refractivity (Wildman–Crippen MR) is 76.9 cm³/mol. The molecule has 0 unspecified atom stereocenters. The zero-order chi connectivity index (χ0) is 13.4. The molecule has 0 saturated heterocycles. The molecule has 0 bridgehead atoms. The Morgan fingerprint density at radius 2 is 1.89 bits per heavy atom. The molecular weight excluding hydrogens is 224 g/mol. The summed E-state index contributed by atoms with van der Waals surface area (Å²) in [5.74, 6) is 0.947. The van der Waals surface area contributed by atoms with Crippen LogP contribution in [-0.4, -0.2) is 38.2 Å². The van der Waals surface area contributed by atoms with Gasteiger partial charge in [-0.1, -0.05) is 32.0 Å². The van der Waals surface area contributed by atoms with Crippen molar-refractivity contribution in [3.05, 3.63) is 30.3 Å². The summed E-state index contributed by atoms with van der Waals surface area (Å²) in [5, 5.41) is 0. The number of nitrogens with two attached hydrogens (primary N) is 1. The molecule has 0 spiro atoms. The lowest BCUT2D eigenvalue weighted by Gasteiger charge is -2.28. The maximum atomic E-state index is 5.73. The van der Waals surface area contributed by atoms with Crippen molar-refractivity contribution < 1.29 is 4.74 Å². The van der Waals surface area contributed by atoms with E-state index >= 15 is 0 Å². The number of hydrogen-bond donors (Lipinski definition) is 1. The van der Waals surface area contributed by atoms with Crippen LogP contribution in [-0.2, 0) is 0 Å². The first kappa shape index (κ1) is 15.0. The van der Waals surface area contributed by atoms with Gasteiger partial charge in [0.1, 0.15) is 5.75 Å². The maximum Gasteiger partial charge on any atom is 0.119 e. The molecule has 0 fully saturated rings. The number of para-hydroxylation sites is 1. The second-order valence-electron chi connectivity index (χ2n) is 5.62. The minimum Gasteiger partial charge on any atom is -0.494 e. The third-order valence-corrected chi connectivity index (χ3v) is 2.95. The normalized spacial score (nSPS) is 11.8. The molecule has 0 aromatic heterocycles. The van der Waals surface area contributed by atoms with Gasteiger partial charge in [-0.25, -0.2) is 0 Å². The summed E-state index contributed by atoms with van der Waals surface area (Å²) in [5.41, 5.74) is 5.92. The SMILES string of the molecule is CN(CCCOc1ccccc1)CC(C)(C)CN. The molecule has 0 aliphatic heterocycles. The fraction of sp³-hybridized carbons (Fsp3) is 0.600. The van der Waals surface area contributed by atoms with Crippen molar-refractivity contribution in [2.75, 3.05) is 33.3 Å². The van der Waals surface area contributed by atoms with E-state index in [1.165, 1.54) is 0 Å². The van der Waals surface area contributed by atoms with Gasteiger partial charge in [0.2, 0.25) is 0 Å². The fourth-order valence-corrected chi connectivity index (χ4v) is 1.92. The summed E-state index contributed by atoms with van der Waals surface area (Å²) in [6.45, 7) is 7.94. The Labute approximate surface area is 111 Å². The Morgan fingerprint density at radius 1 is 1.22 bits per heavy atom. The van der Waals surface area contributed by atoms with Crippen LogP contribution in [0.4, 0.5) is 0 Å². The van der Waals surface area contributed by atoms with Crippen LogP contribution < -0.4 is 10.5 Å². The quantitative estimate of drug-likeness (QED) is 0.720. The number of ether oxygens (including phenoxy) is 1. The highest BCUT2D eigenvalue weighted by Gasteiger charge is 2.17. The van der Waals surface area contributed by atoms with E-state index in [2.05, 4.69) is 25.8 Å². The molecule has 1 rings (SSSR count). The summed E-state index contributed by atoms with van der Waals surface area (Å²) in [6.07, 6.45) is 1.03. The van der Waals surface area contributed by atoms with Crippen LogP contribution in [0.25, 0.3) is 0 Å². The van der Waals surface area contributed by atoms with Crippen molar-refractivity contribution in [3.8, 4) is 5.75 Å². The molecule has 102 valence electrons. The van der Waals surface area contributed by atoms with Crippen LogP contribution >= 0.6 is 0 Å². The lowest BCUT2D eigenvalue weighted by atomic mass is 9.93. The van der Waals surface area contributed by atoms with E-state index < -0.39 is 0 Å². The van der Waals surface area contributed by atoms with Gasteiger partial charge in [-0.15, -0.1) is 0 Å². The van der Waals surface area contributed by atoms with Gasteiger partial charge >= 0.3 is 0 Å². The Hall–Kier alpha value is -1.06. The molecule has 1 aromatic carbocycles. The van der Waals surface area contributed by atoms with Crippen molar-refractivity contribution in [2.45, 2.75) is 20.3 Å². The van der Waals surface area contributed by atoms with Gasteiger partial charge in [-0.3, -0.25) is 0 Å². The van der Waals surface area contributed by atoms with E-state index in [-0.39, 0.29) is 5.41 Å². The molecule has 3 nitrogen and oxygen atoms in total. The van der Waals surface area contributed by atoms with Crippen LogP contribution in [0, 0.1) is 5.41 Å². The van der Waals surface area contributed by atoms with Crippen molar-refractivity contribution in [2.24, 2.45) is 11.1 Å². The van der Waals surface area contributed by atoms with E-state index in [1.807, 2.05) is 30.3 Å². The second kappa shape index (κ2) is 7.39. The topological polar surface area (TPSA) is 38.5 Å². The number of benzene rings is 1. The Morgan fingerprint density at radius 3 is 2.50 bits per heavy atom. The third-order valence-electron chi connectivity index (χ3n) is 2.95. The van der Waals surface area contributed by atoms with Gasteiger partial charge in [0.15, 0.2) is 0 Å². The van der Waals surface area contributed by atoms with Crippen molar-refractivity contribution in [3.63, 3.8) is 0 Å². The van der Waals surface area contributed by atoms with Crippen molar-refractivity contribution in [1.29, 1.82) is 0 Å². The zero-order valence-electron chi connectivity index (χ0n) is 11.9. The molecule has 18 heavy (non-hydrogen) atoms. The van der Waals surface area contributed by atoms with Gasteiger partial charge in [0, 0.05) is 13.1 Å². The monoisotopic (exact) mass is 250 g/mol. The highest BCUT2D eigenvalue weighted by Crippen LogP contribution is 2.14. The summed E-state index contributed by atoms with van der Waals surface area (Å²) in [6, 6.07) is 9.95. The van der Waals surface area contributed by atoms with Crippen LogP contribution in [0.1, 0.15) is 20.3 Å². The molecule has 0 atom stereocenters. The molecule has 0 aliphatic rings. The maximum absolute atomic E-state index is 5.73. The van der Waals surface area contributed by atoms with E-state index in [0.717, 1.165) is 38.4 Å². The molecule has 3 heteroatoms. The lowest BCUT2D eigenvalue weighted by Crippen LogP contribution is -2.37. The van der Waals surface area contributed by atoms with Crippen LogP contribution in [0.3, 0.4) is 0 Å². The number of nitrogens with zero attached hydrogens (tertiary/aromatic N) is 1. The summed E-state index contributed by atoms with van der Waals surface area (Å²) >= 11 is 0. The van der Waals surface area contributed by atoms with Crippen molar-refractivity contribution >= 4 is 0 Å². The van der Waals surface area contributed by atoms with Crippen LogP contribution in [0.2, 0.25) is 0 Å². The van der Waals surface area contributed by atoms with Gasteiger partial charge in [0.05, 0.1) is 6.61 Å². The smallest absolute Gasteiger partial charge is 0.119 e. The standard InChI is InChI=1S/C15H26N2O/c1-15(2,12-16)13-17(3)10-7-11-18-14-8-5-4-6-9-14/h4-6,8-9H,7,10-13,16H2,1-3H3. The van der Waals surface area contributed by atoms with Crippen LogP contribution in [0.5, 0.6) is 5.75 Å². The fourth-order valence-electron chi connectivity index (χ4n) is 1.92. The number of rotatable bonds is 8. The van der Waals surface area contributed by atoms with Gasteiger partial charge < -0.3 is 15.4 Å². The Balaban J connectivity index is 2.14. The highest BCUT2D eigenvalue weighted by molar-refractivity contribution is 5.20. The average molecular weight is 250 g/mol. The van der Waals surface area contributed by atoms with E-state index in [0.29, 0.717) is 0 Å². The second-order valence-corrected chi connectivity index (χ2v) is 5.62. The minimum absolute atomic E-state index is 0.190. The lowest BCUT2D eigenvalue weighted by molar-refractivity contribution is 0.199.